The quantitative estimate of drug-likeness (QED) is 0.582. The molecule has 0 heterocycles. The smallest absolute Gasteiger partial charge is 0.320 e. The molecule has 5 heteroatoms. The van der Waals surface area contributed by atoms with Gasteiger partial charge in [0.2, 0.25) is 0 Å². The van der Waals surface area contributed by atoms with Crippen LogP contribution in [-0.2, 0) is 19.1 Å². The van der Waals surface area contributed by atoms with Gasteiger partial charge in [-0.3, -0.25) is 9.59 Å². The van der Waals surface area contributed by atoms with Crippen LogP contribution >= 0.6 is 15.9 Å². The molecule has 2 unspecified atom stereocenters. The Labute approximate surface area is 124 Å². The first kappa shape index (κ1) is 18.4. The molecule has 112 valence electrons. The number of carbonyl (C=O) groups is 2. The zero-order valence-electron chi connectivity index (χ0n) is 12.9. The molecule has 0 fully saturated rings. The first-order valence-corrected chi connectivity index (χ1v) is 7.33. The van der Waals surface area contributed by atoms with E-state index in [-0.39, 0.29) is 17.9 Å². The maximum absolute atomic E-state index is 11.8. The molecule has 0 N–H and O–H groups in total. The summed E-state index contributed by atoms with van der Waals surface area (Å²) < 4.78 is 10.5. The Balaban J connectivity index is 4.36. The van der Waals surface area contributed by atoms with Crippen molar-refractivity contribution in [3.8, 4) is 0 Å². The molecule has 0 aliphatic rings. The third kappa shape index (κ3) is 9.03. The molecule has 0 saturated heterocycles. The number of ether oxygens (including phenoxy) is 2. The van der Waals surface area contributed by atoms with E-state index in [1.165, 1.54) is 0 Å². The largest absolute Gasteiger partial charge is 0.460 e. The van der Waals surface area contributed by atoms with E-state index in [9.17, 15) is 9.59 Å². The van der Waals surface area contributed by atoms with Crippen LogP contribution in [-0.4, -0.2) is 28.0 Å². The Bertz CT molecular complexity index is 293. The van der Waals surface area contributed by atoms with E-state index >= 15 is 0 Å². The number of hydrogen-bond acceptors (Lipinski definition) is 4. The summed E-state index contributed by atoms with van der Waals surface area (Å²) in [7, 11) is 0. The highest BCUT2D eigenvalue weighted by molar-refractivity contribution is 9.10. The Hall–Kier alpha value is -0.580. The molecular formula is C14H25BrO4. The molecule has 0 aromatic carbocycles. The highest BCUT2D eigenvalue weighted by Gasteiger charge is 2.29. The van der Waals surface area contributed by atoms with Crippen LogP contribution in [0.15, 0.2) is 0 Å². The Kier molecular flexibility index (Phi) is 6.52. The van der Waals surface area contributed by atoms with Gasteiger partial charge in [-0.05, 0) is 48.0 Å². The Morgan fingerprint density at radius 2 is 1.32 bits per heavy atom. The lowest BCUT2D eigenvalue weighted by Crippen LogP contribution is -2.32. The predicted molar refractivity (Wildman–Crippen MR) is 78.2 cm³/mol. The van der Waals surface area contributed by atoms with Crippen molar-refractivity contribution in [2.24, 2.45) is 5.92 Å². The van der Waals surface area contributed by atoms with Crippen molar-refractivity contribution in [1.29, 1.82) is 0 Å². The molecule has 0 aliphatic heterocycles. The third-order valence-corrected chi connectivity index (χ3v) is 2.78. The molecule has 0 aliphatic carbocycles. The van der Waals surface area contributed by atoms with Crippen molar-refractivity contribution >= 4 is 27.9 Å². The van der Waals surface area contributed by atoms with Gasteiger partial charge in [-0.2, -0.15) is 0 Å². The van der Waals surface area contributed by atoms with E-state index in [1.54, 1.807) is 6.92 Å². The number of esters is 2. The minimum atomic E-state index is -0.530. The van der Waals surface area contributed by atoms with Gasteiger partial charge in [0.1, 0.15) is 16.0 Å². The molecule has 0 aromatic heterocycles. The highest BCUT2D eigenvalue weighted by atomic mass is 79.9. The van der Waals surface area contributed by atoms with Gasteiger partial charge in [-0.25, -0.2) is 0 Å². The minimum Gasteiger partial charge on any atom is -0.460 e. The van der Waals surface area contributed by atoms with Gasteiger partial charge >= 0.3 is 11.9 Å². The van der Waals surface area contributed by atoms with Crippen LogP contribution in [0.4, 0.5) is 0 Å². The van der Waals surface area contributed by atoms with E-state index < -0.39 is 16.0 Å². The van der Waals surface area contributed by atoms with Crippen molar-refractivity contribution in [2.75, 3.05) is 0 Å². The number of carbonyl (C=O) groups excluding carboxylic acids is 2. The summed E-state index contributed by atoms with van der Waals surface area (Å²) in [6.45, 7) is 12.6. The van der Waals surface area contributed by atoms with E-state index in [0.29, 0.717) is 6.42 Å². The van der Waals surface area contributed by atoms with Gasteiger partial charge in [-0.1, -0.05) is 22.9 Å². The topological polar surface area (TPSA) is 52.6 Å². The third-order valence-electron chi connectivity index (χ3n) is 2.03. The van der Waals surface area contributed by atoms with Gasteiger partial charge in [0.25, 0.3) is 0 Å². The molecule has 4 nitrogen and oxygen atoms in total. The van der Waals surface area contributed by atoms with Gasteiger partial charge in [0.05, 0.1) is 5.92 Å². The fourth-order valence-electron chi connectivity index (χ4n) is 1.27. The van der Waals surface area contributed by atoms with Gasteiger partial charge < -0.3 is 9.47 Å². The fraction of sp³-hybridized carbons (Fsp3) is 0.857. The zero-order chi connectivity index (χ0) is 15.4. The lowest BCUT2D eigenvalue weighted by atomic mass is 10.0. The second kappa shape index (κ2) is 6.73. The number of hydrogen-bond donors (Lipinski definition) is 0. The van der Waals surface area contributed by atoms with Crippen molar-refractivity contribution in [3.05, 3.63) is 0 Å². The monoisotopic (exact) mass is 336 g/mol. The number of alkyl halides is 1. The average Bonchev–Trinajstić information content (AvgIpc) is 2.11. The highest BCUT2D eigenvalue weighted by Crippen LogP contribution is 2.21. The predicted octanol–water partition coefficient (Wildman–Crippen LogP) is 3.46. The molecule has 0 radical (unpaired) electrons. The van der Waals surface area contributed by atoms with Crippen LogP contribution in [0.25, 0.3) is 0 Å². The first-order chi connectivity index (χ1) is 8.32. The van der Waals surface area contributed by atoms with Crippen LogP contribution in [0.5, 0.6) is 0 Å². The molecule has 0 saturated carbocycles. The maximum atomic E-state index is 11.8. The summed E-state index contributed by atoms with van der Waals surface area (Å²) in [5, 5.41) is 0. The molecule has 0 rings (SSSR count). The minimum absolute atomic E-state index is 0.305. The first-order valence-electron chi connectivity index (χ1n) is 6.41. The van der Waals surface area contributed by atoms with E-state index in [2.05, 4.69) is 15.9 Å². The van der Waals surface area contributed by atoms with Crippen molar-refractivity contribution in [2.45, 2.75) is 70.9 Å². The second-order valence-corrected chi connectivity index (χ2v) is 7.78. The van der Waals surface area contributed by atoms with Crippen LogP contribution in [0.3, 0.4) is 0 Å². The summed E-state index contributed by atoms with van der Waals surface area (Å²) in [4.78, 5) is 23.1. The fourth-order valence-corrected chi connectivity index (χ4v) is 1.93. The summed E-state index contributed by atoms with van der Waals surface area (Å²) in [6, 6.07) is 0. The summed E-state index contributed by atoms with van der Waals surface area (Å²) in [6.07, 6.45) is 0.351. The van der Waals surface area contributed by atoms with Crippen LogP contribution in [0, 0.1) is 5.92 Å². The number of halogens is 1. The van der Waals surface area contributed by atoms with Crippen molar-refractivity contribution in [3.63, 3.8) is 0 Å². The Morgan fingerprint density at radius 1 is 0.947 bits per heavy atom. The van der Waals surface area contributed by atoms with Crippen LogP contribution in [0.1, 0.15) is 54.9 Å². The SMILES string of the molecule is CC(CC(Br)C(=O)OC(C)(C)C)C(=O)OC(C)(C)C. The van der Waals surface area contributed by atoms with Crippen molar-refractivity contribution in [1.82, 2.24) is 0 Å². The summed E-state index contributed by atoms with van der Waals surface area (Å²) >= 11 is 3.26. The molecule has 19 heavy (non-hydrogen) atoms. The van der Waals surface area contributed by atoms with Gasteiger partial charge in [0.15, 0.2) is 0 Å². The lowest BCUT2D eigenvalue weighted by Gasteiger charge is -2.24. The molecular weight excluding hydrogens is 312 g/mol. The second-order valence-electron chi connectivity index (χ2n) is 6.67. The number of rotatable bonds is 4. The maximum Gasteiger partial charge on any atom is 0.320 e. The molecule has 0 bridgehead atoms. The standard InChI is InChI=1S/C14H25BrO4/c1-9(11(16)18-13(2,3)4)8-10(15)12(17)19-14(5,6)7/h9-10H,8H2,1-7H3. The zero-order valence-corrected chi connectivity index (χ0v) is 14.5. The summed E-state index contributed by atoms with van der Waals surface area (Å²) in [5.74, 6) is -1.03. The van der Waals surface area contributed by atoms with E-state index in [0.717, 1.165) is 0 Å². The summed E-state index contributed by atoms with van der Waals surface area (Å²) in [5.41, 5.74) is -1.04. The van der Waals surface area contributed by atoms with E-state index in [1.807, 2.05) is 41.5 Å². The average molecular weight is 337 g/mol. The Morgan fingerprint density at radius 3 is 1.68 bits per heavy atom. The van der Waals surface area contributed by atoms with Gasteiger partial charge in [-0.15, -0.1) is 0 Å². The van der Waals surface area contributed by atoms with E-state index in [4.69, 9.17) is 9.47 Å². The molecule has 0 amide bonds. The van der Waals surface area contributed by atoms with Crippen molar-refractivity contribution < 1.29 is 19.1 Å². The normalized spacial score (nSPS) is 15.6. The lowest BCUT2D eigenvalue weighted by molar-refractivity contribution is -0.160. The molecule has 0 spiro atoms. The van der Waals surface area contributed by atoms with Gasteiger partial charge in [0, 0.05) is 0 Å². The molecule has 0 aromatic rings. The molecule has 2 atom stereocenters. The van der Waals surface area contributed by atoms with Crippen LogP contribution < -0.4 is 0 Å². The van der Waals surface area contributed by atoms with Crippen LogP contribution in [0.2, 0.25) is 0 Å².